The van der Waals surface area contributed by atoms with E-state index in [1.807, 2.05) is 17.5 Å². The van der Waals surface area contributed by atoms with E-state index in [0.717, 1.165) is 16.7 Å². The van der Waals surface area contributed by atoms with E-state index in [1.54, 1.807) is 37.3 Å². The minimum atomic E-state index is -0.881. The van der Waals surface area contributed by atoms with Gasteiger partial charge < -0.3 is 9.52 Å². The van der Waals surface area contributed by atoms with Gasteiger partial charge in [-0.25, -0.2) is 4.98 Å². The molecule has 0 saturated heterocycles. The predicted molar refractivity (Wildman–Crippen MR) is 122 cm³/mol. The highest BCUT2D eigenvalue weighted by molar-refractivity contribution is 7.18. The summed E-state index contributed by atoms with van der Waals surface area (Å²) in [6.45, 7) is 3.12. The molecule has 4 aromatic rings. The molecule has 7 nitrogen and oxygen atoms in total. The first kappa shape index (κ1) is 20.3. The molecular weight excluding hydrogens is 448 g/mol. The van der Waals surface area contributed by atoms with Crippen molar-refractivity contribution < 1.29 is 23.9 Å². The van der Waals surface area contributed by atoms with Crippen LogP contribution in [-0.2, 0) is 4.79 Å². The van der Waals surface area contributed by atoms with Gasteiger partial charge in [-0.3, -0.25) is 19.3 Å². The van der Waals surface area contributed by atoms with Gasteiger partial charge in [0.05, 0.1) is 16.1 Å². The lowest BCUT2D eigenvalue weighted by molar-refractivity contribution is -0.117. The second-order valence-electron chi connectivity index (χ2n) is 7.30. The number of rotatable bonds is 5. The Balaban J connectivity index is 1.64. The smallest absolute Gasteiger partial charge is 0.296 e. The highest BCUT2D eigenvalue weighted by Crippen LogP contribution is 2.45. The summed E-state index contributed by atoms with van der Waals surface area (Å²) in [5.74, 6) is -2.10. The number of carbonyl (C=O) groups excluding carboxylic acids is 3. The Kier molecular flexibility index (Phi) is 4.79. The second kappa shape index (κ2) is 7.54. The Morgan fingerprint density at radius 3 is 2.62 bits per heavy atom. The van der Waals surface area contributed by atoms with E-state index in [-0.39, 0.29) is 22.2 Å². The number of para-hydroxylation sites is 1. The van der Waals surface area contributed by atoms with Crippen LogP contribution in [0.2, 0.25) is 0 Å². The number of Topliss-reactive ketones (excluding diaryl/α,β-unsaturated/α-hetero) is 2. The summed E-state index contributed by atoms with van der Waals surface area (Å²) in [5.41, 5.74) is 0.951. The van der Waals surface area contributed by atoms with Gasteiger partial charge >= 0.3 is 0 Å². The number of aliphatic hydroxyl groups excluding tert-OH is 1. The molecule has 1 N–H and O–H groups in total. The van der Waals surface area contributed by atoms with Crippen LogP contribution in [0.5, 0.6) is 0 Å². The summed E-state index contributed by atoms with van der Waals surface area (Å²) >= 11 is 2.41. The molecule has 1 aliphatic rings. The SMILES string of the molecule is CC(=O)c1sc(N2C(=O)C(O)=C(C(=O)c3cc4ccccc4o3)C2c2cccs2)nc1C. The molecular formula is C23H16N2O5S2. The first-order valence-electron chi connectivity index (χ1n) is 9.68. The van der Waals surface area contributed by atoms with Gasteiger partial charge in [0.25, 0.3) is 5.91 Å². The Hall–Kier alpha value is -3.56. The number of fused-ring (bicyclic) bond motifs is 1. The quantitative estimate of drug-likeness (QED) is 0.405. The van der Waals surface area contributed by atoms with Crippen LogP contribution in [0.15, 0.2) is 63.6 Å². The second-order valence-corrected chi connectivity index (χ2v) is 9.26. The summed E-state index contributed by atoms with van der Waals surface area (Å²) in [4.78, 5) is 45.3. The fraction of sp³-hybridized carbons (Fsp3) is 0.130. The van der Waals surface area contributed by atoms with Crippen LogP contribution in [0, 0.1) is 6.92 Å². The maximum atomic E-state index is 13.5. The number of benzene rings is 1. The molecule has 9 heteroatoms. The fourth-order valence-corrected chi connectivity index (χ4v) is 5.60. The molecule has 1 atom stereocenters. The van der Waals surface area contributed by atoms with Crippen molar-refractivity contribution in [3.8, 4) is 0 Å². The molecule has 1 amide bonds. The number of carbonyl (C=O) groups is 3. The summed E-state index contributed by atoms with van der Waals surface area (Å²) in [7, 11) is 0. The van der Waals surface area contributed by atoms with Crippen LogP contribution in [-0.4, -0.2) is 27.6 Å². The molecule has 5 rings (SSSR count). The lowest BCUT2D eigenvalue weighted by atomic mass is 10.0. The first-order valence-corrected chi connectivity index (χ1v) is 11.4. The van der Waals surface area contributed by atoms with Crippen molar-refractivity contribution in [2.45, 2.75) is 19.9 Å². The summed E-state index contributed by atoms with van der Waals surface area (Å²) < 4.78 is 5.71. The third kappa shape index (κ3) is 3.09. The van der Waals surface area contributed by atoms with Gasteiger partial charge in [-0.2, -0.15) is 0 Å². The number of thiazole rings is 1. The van der Waals surface area contributed by atoms with Gasteiger partial charge in [-0.1, -0.05) is 35.6 Å². The lowest BCUT2D eigenvalue weighted by Gasteiger charge is -2.22. The number of aryl methyl sites for hydroxylation is 1. The Bertz CT molecular complexity index is 1390. The topological polar surface area (TPSA) is 101 Å². The normalized spacial score (nSPS) is 16.4. The lowest BCUT2D eigenvalue weighted by Crippen LogP contribution is -2.30. The molecule has 1 aromatic carbocycles. The number of hydrogen-bond donors (Lipinski definition) is 1. The average molecular weight is 465 g/mol. The molecule has 0 radical (unpaired) electrons. The maximum Gasteiger partial charge on any atom is 0.296 e. The number of aromatic nitrogens is 1. The van der Waals surface area contributed by atoms with Crippen molar-refractivity contribution in [3.05, 3.63) is 80.4 Å². The highest BCUT2D eigenvalue weighted by atomic mass is 32.1. The molecule has 0 spiro atoms. The predicted octanol–water partition coefficient (Wildman–Crippen LogP) is 5.24. The summed E-state index contributed by atoms with van der Waals surface area (Å²) in [5, 5.41) is 13.6. The Labute approximate surface area is 190 Å². The van der Waals surface area contributed by atoms with E-state index < -0.39 is 23.5 Å². The zero-order chi connectivity index (χ0) is 22.6. The third-order valence-electron chi connectivity index (χ3n) is 5.23. The van der Waals surface area contributed by atoms with Crippen molar-refractivity contribution >= 4 is 56.2 Å². The van der Waals surface area contributed by atoms with Gasteiger partial charge in [0.15, 0.2) is 22.4 Å². The third-order valence-corrected chi connectivity index (χ3v) is 7.41. The van der Waals surface area contributed by atoms with Crippen LogP contribution in [0.25, 0.3) is 11.0 Å². The largest absolute Gasteiger partial charge is 0.503 e. The molecule has 32 heavy (non-hydrogen) atoms. The minimum absolute atomic E-state index is 0.0312. The average Bonchev–Trinajstić information content (AvgIpc) is 3.54. The minimum Gasteiger partial charge on any atom is -0.503 e. The summed E-state index contributed by atoms with van der Waals surface area (Å²) in [6, 6.07) is 11.5. The van der Waals surface area contributed by atoms with Gasteiger partial charge in [0.1, 0.15) is 11.6 Å². The van der Waals surface area contributed by atoms with Crippen LogP contribution in [0.4, 0.5) is 5.13 Å². The Morgan fingerprint density at radius 2 is 1.97 bits per heavy atom. The van der Waals surface area contributed by atoms with E-state index in [0.29, 0.717) is 21.0 Å². The standard InChI is InChI=1S/C23H16N2O5S2/c1-11-21(12(2)26)32-23(24-11)25-18(16-8-5-9-31-16)17(20(28)22(25)29)19(27)15-10-13-6-3-4-7-14(13)30-15/h3-10,18,28H,1-2H3. The number of hydrogen-bond acceptors (Lipinski definition) is 8. The van der Waals surface area contributed by atoms with Gasteiger partial charge in [-0.15, -0.1) is 11.3 Å². The molecule has 0 fully saturated rings. The van der Waals surface area contributed by atoms with E-state index >= 15 is 0 Å². The van der Waals surface area contributed by atoms with Crippen LogP contribution >= 0.6 is 22.7 Å². The molecule has 4 heterocycles. The van der Waals surface area contributed by atoms with Crippen molar-refractivity contribution in [1.29, 1.82) is 0 Å². The van der Waals surface area contributed by atoms with E-state index in [1.165, 1.54) is 23.2 Å². The van der Waals surface area contributed by atoms with Crippen molar-refractivity contribution in [3.63, 3.8) is 0 Å². The van der Waals surface area contributed by atoms with E-state index in [9.17, 15) is 19.5 Å². The molecule has 3 aromatic heterocycles. The van der Waals surface area contributed by atoms with E-state index in [2.05, 4.69) is 4.98 Å². The Morgan fingerprint density at radius 1 is 1.19 bits per heavy atom. The molecule has 1 unspecified atom stereocenters. The van der Waals surface area contributed by atoms with Crippen LogP contribution < -0.4 is 4.90 Å². The van der Waals surface area contributed by atoms with Gasteiger partial charge in [-0.05, 0) is 30.5 Å². The number of thiophene rings is 1. The number of aliphatic hydroxyl groups is 1. The van der Waals surface area contributed by atoms with E-state index in [4.69, 9.17) is 4.42 Å². The molecule has 1 aliphatic heterocycles. The molecule has 160 valence electrons. The zero-order valence-electron chi connectivity index (χ0n) is 17.0. The van der Waals surface area contributed by atoms with Gasteiger partial charge in [0.2, 0.25) is 5.78 Å². The number of anilines is 1. The fourth-order valence-electron chi connectivity index (χ4n) is 3.79. The molecule has 0 bridgehead atoms. The van der Waals surface area contributed by atoms with Crippen LogP contribution in [0.1, 0.15) is 43.8 Å². The van der Waals surface area contributed by atoms with Crippen LogP contribution in [0.3, 0.4) is 0 Å². The monoisotopic (exact) mass is 464 g/mol. The van der Waals surface area contributed by atoms with Crippen molar-refractivity contribution in [2.24, 2.45) is 0 Å². The maximum absolute atomic E-state index is 13.5. The zero-order valence-corrected chi connectivity index (χ0v) is 18.6. The van der Waals surface area contributed by atoms with Gasteiger partial charge in [0, 0.05) is 17.2 Å². The van der Waals surface area contributed by atoms with Crippen molar-refractivity contribution in [2.75, 3.05) is 4.90 Å². The summed E-state index contributed by atoms with van der Waals surface area (Å²) in [6.07, 6.45) is 0. The highest BCUT2D eigenvalue weighted by Gasteiger charge is 2.47. The number of nitrogens with zero attached hydrogens (tertiary/aromatic N) is 2. The van der Waals surface area contributed by atoms with Crippen molar-refractivity contribution in [1.82, 2.24) is 4.98 Å². The number of amides is 1. The molecule has 0 aliphatic carbocycles. The molecule has 0 saturated carbocycles. The first-order chi connectivity index (χ1) is 15.4. The number of ketones is 2. The number of furan rings is 1.